The second kappa shape index (κ2) is 4.88. The Kier molecular flexibility index (Phi) is 3.77. The predicted octanol–water partition coefficient (Wildman–Crippen LogP) is 2.27. The van der Waals surface area contributed by atoms with Crippen LogP contribution in [0, 0.1) is 0 Å². The van der Waals surface area contributed by atoms with Crippen LogP contribution in [-0.4, -0.2) is 39.7 Å². The Labute approximate surface area is 97.9 Å². The maximum Gasteiger partial charge on any atom is 0.235 e. The van der Waals surface area contributed by atoms with Gasteiger partial charge in [-0.05, 0) is 31.4 Å². The normalized spacial score (nSPS) is 26.5. The van der Waals surface area contributed by atoms with E-state index in [1.807, 2.05) is 11.8 Å². The van der Waals surface area contributed by atoms with E-state index in [0.29, 0.717) is 11.9 Å². The van der Waals surface area contributed by atoms with Gasteiger partial charge < -0.3 is 4.90 Å². The molecule has 0 bridgehead atoms. The van der Waals surface area contributed by atoms with Crippen LogP contribution in [0.1, 0.15) is 25.7 Å². The Balaban J connectivity index is 1.91. The van der Waals surface area contributed by atoms with Gasteiger partial charge in [0.15, 0.2) is 0 Å². The highest BCUT2D eigenvalue weighted by Crippen LogP contribution is 2.33. The largest absolute Gasteiger partial charge is 0.338 e. The number of rotatable bonds is 4. The highest BCUT2D eigenvalue weighted by molar-refractivity contribution is 9.09. The van der Waals surface area contributed by atoms with Crippen molar-refractivity contribution in [2.45, 2.75) is 37.0 Å². The van der Waals surface area contributed by atoms with Crippen molar-refractivity contribution < 1.29 is 4.79 Å². The molecule has 0 N–H and O–H groups in total. The number of carbonyl (C=O) groups is 1. The first kappa shape index (κ1) is 10.8. The summed E-state index contributed by atoms with van der Waals surface area (Å²) in [6.45, 7) is 0.889. The van der Waals surface area contributed by atoms with Crippen LogP contribution in [0.3, 0.4) is 0 Å². The van der Waals surface area contributed by atoms with E-state index < -0.39 is 0 Å². The van der Waals surface area contributed by atoms with Crippen molar-refractivity contribution in [3.8, 4) is 0 Å². The van der Waals surface area contributed by atoms with Crippen molar-refractivity contribution >= 4 is 33.6 Å². The lowest BCUT2D eigenvalue weighted by molar-refractivity contribution is -0.130. The maximum atomic E-state index is 12.1. The van der Waals surface area contributed by atoms with E-state index in [1.54, 1.807) is 0 Å². The Morgan fingerprint density at radius 3 is 2.71 bits per heavy atom. The van der Waals surface area contributed by atoms with Crippen LogP contribution >= 0.6 is 27.7 Å². The topological polar surface area (TPSA) is 20.3 Å². The van der Waals surface area contributed by atoms with Crippen LogP contribution in [-0.2, 0) is 4.79 Å². The van der Waals surface area contributed by atoms with E-state index in [-0.39, 0.29) is 5.25 Å². The molecule has 1 aliphatic heterocycles. The fraction of sp³-hybridized carbons (Fsp3) is 0.900. The standard InChI is InChI=1S/C10H16BrNOS/c11-5-6-12(8-3-4-8)10(13)9-2-1-7-14-9/h8-9H,1-7H2. The fourth-order valence-corrected chi connectivity index (χ4v) is 3.52. The lowest BCUT2D eigenvalue weighted by Crippen LogP contribution is -2.39. The van der Waals surface area contributed by atoms with Crippen LogP contribution < -0.4 is 0 Å². The van der Waals surface area contributed by atoms with Gasteiger partial charge >= 0.3 is 0 Å². The minimum absolute atomic E-state index is 0.273. The third-order valence-electron chi connectivity index (χ3n) is 2.80. The molecule has 1 saturated carbocycles. The first-order valence-electron chi connectivity index (χ1n) is 5.31. The van der Waals surface area contributed by atoms with E-state index >= 15 is 0 Å². The van der Waals surface area contributed by atoms with Gasteiger partial charge in [-0.15, -0.1) is 11.8 Å². The van der Waals surface area contributed by atoms with Gasteiger partial charge in [0, 0.05) is 17.9 Å². The number of carbonyl (C=O) groups excluding carboxylic acids is 1. The zero-order valence-corrected chi connectivity index (χ0v) is 10.6. The number of nitrogens with zero attached hydrogens (tertiary/aromatic N) is 1. The SMILES string of the molecule is O=C(C1CCCS1)N(CCBr)C1CC1. The molecule has 0 aromatic carbocycles. The first-order valence-corrected chi connectivity index (χ1v) is 7.48. The molecule has 80 valence electrons. The average molecular weight is 278 g/mol. The Morgan fingerprint density at radius 2 is 2.21 bits per heavy atom. The Bertz CT molecular complexity index is 214. The molecule has 2 fully saturated rings. The molecule has 1 heterocycles. The Morgan fingerprint density at radius 1 is 1.43 bits per heavy atom. The lowest BCUT2D eigenvalue weighted by Gasteiger charge is -2.24. The Hall–Kier alpha value is 0.300. The molecule has 0 aromatic rings. The molecule has 1 atom stereocenters. The molecule has 1 saturated heterocycles. The zero-order chi connectivity index (χ0) is 9.97. The van der Waals surface area contributed by atoms with Crippen molar-refractivity contribution in [1.29, 1.82) is 0 Å². The van der Waals surface area contributed by atoms with Crippen LogP contribution in [0.4, 0.5) is 0 Å². The molecule has 4 heteroatoms. The monoisotopic (exact) mass is 277 g/mol. The van der Waals surface area contributed by atoms with Crippen LogP contribution in [0.25, 0.3) is 0 Å². The summed E-state index contributed by atoms with van der Waals surface area (Å²) in [4.78, 5) is 14.2. The summed E-state index contributed by atoms with van der Waals surface area (Å²) < 4.78 is 0. The molecule has 1 aliphatic carbocycles. The van der Waals surface area contributed by atoms with Gasteiger partial charge in [-0.3, -0.25) is 4.79 Å². The number of amides is 1. The summed E-state index contributed by atoms with van der Waals surface area (Å²) in [6.07, 6.45) is 4.75. The van der Waals surface area contributed by atoms with E-state index in [2.05, 4.69) is 20.8 Å². The highest BCUT2D eigenvalue weighted by Gasteiger charge is 2.36. The smallest absolute Gasteiger partial charge is 0.235 e. The molecule has 1 amide bonds. The second-order valence-electron chi connectivity index (χ2n) is 3.95. The number of thioether (sulfide) groups is 1. The molecular weight excluding hydrogens is 262 g/mol. The van der Waals surface area contributed by atoms with Crippen molar-refractivity contribution in [3.05, 3.63) is 0 Å². The van der Waals surface area contributed by atoms with E-state index in [9.17, 15) is 4.79 Å². The van der Waals surface area contributed by atoms with Gasteiger partial charge in [-0.2, -0.15) is 0 Å². The molecule has 14 heavy (non-hydrogen) atoms. The summed E-state index contributed by atoms with van der Waals surface area (Å²) in [6, 6.07) is 0.571. The maximum absolute atomic E-state index is 12.1. The molecule has 0 aromatic heterocycles. The molecule has 1 unspecified atom stereocenters. The van der Waals surface area contributed by atoms with Crippen molar-refractivity contribution in [2.75, 3.05) is 17.6 Å². The summed E-state index contributed by atoms with van der Waals surface area (Å²) in [5.74, 6) is 1.57. The van der Waals surface area contributed by atoms with E-state index in [1.165, 1.54) is 25.0 Å². The minimum atomic E-state index is 0.273. The van der Waals surface area contributed by atoms with Gasteiger partial charge in [0.1, 0.15) is 0 Å². The third-order valence-corrected chi connectivity index (χ3v) is 4.52. The summed E-state index contributed by atoms with van der Waals surface area (Å²) in [7, 11) is 0. The lowest BCUT2D eigenvalue weighted by atomic mass is 10.2. The number of halogens is 1. The first-order chi connectivity index (χ1) is 6.83. The zero-order valence-electron chi connectivity index (χ0n) is 8.25. The van der Waals surface area contributed by atoms with Gasteiger partial charge in [-0.1, -0.05) is 15.9 Å². The predicted molar refractivity (Wildman–Crippen MR) is 64.0 cm³/mol. The van der Waals surface area contributed by atoms with Gasteiger partial charge in [0.2, 0.25) is 5.91 Å². The van der Waals surface area contributed by atoms with Crippen LogP contribution in [0.2, 0.25) is 0 Å². The van der Waals surface area contributed by atoms with E-state index in [4.69, 9.17) is 0 Å². The van der Waals surface area contributed by atoms with Gasteiger partial charge in [-0.25, -0.2) is 0 Å². The molecule has 2 rings (SSSR count). The average Bonchev–Trinajstić information content (AvgIpc) is 2.88. The van der Waals surface area contributed by atoms with Crippen molar-refractivity contribution in [2.24, 2.45) is 0 Å². The van der Waals surface area contributed by atoms with Gasteiger partial charge in [0.25, 0.3) is 0 Å². The number of hydrogen-bond acceptors (Lipinski definition) is 2. The highest BCUT2D eigenvalue weighted by atomic mass is 79.9. The molecule has 0 radical (unpaired) electrons. The number of alkyl halides is 1. The minimum Gasteiger partial charge on any atom is -0.338 e. The molecule has 2 aliphatic rings. The molecule has 0 spiro atoms. The van der Waals surface area contributed by atoms with E-state index in [0.717, 1.165) is 18.3 Å². The van der Waals surface area contributed by atoms with Gasteiger partial charge in [0.05, 0.1) is 5.25 Å². The summed E-state index contributed by atoms with van der Waals surface area (Å²) in [5, 5.41) is 1.18. The fourth-order valence-electron chi connectivity index (χ4n) is 1.91. The third kappa shape index (κ3) is 2.45. The molecule has 2 nitrogen and oxygen atoms in total. The summed E-state index contributed by atoms with van der Waals surface area (Å²) in [5.41, 5.74) is 0. The van der Waals surface area contributed by atoms with Crippen molar-refractivity contribution in [3.63, 3.8) is 0 Å². The quantitative estimate of drug-likeness (QED) is 0.735. The molecular formula is C10H16BrNOS. The van der Waals surface area contributed by atoms with Crippen molar-refractivity contribution in [1.82, 2.24) is 4.90 Å². The number of hydrogen-bond donors (Lipinski definition) is 0. The second-order valence-corrected chi connectivity index (χ2v) is 6.06. The van der Waals surface area contributed by atoms with Crippen LogP contribution in [0.5, 0.6) is 0 Å². The summed E-state index contributed by atoms with van der Waals surface area (Å²) >= 11 is 5.27. The van der Waals surface area contributed by atoms with Crippen LogP contribution in [0.15, 0.2) is 0 Å².